The third kappa shape index (κ3) is 3.46. The van der Waals surface area contributed by atoms with E-state index < -0.39 is 0 Å². The second-order valence-electron chi connectivity index (χ2n) is 5.64. The highest BCUT2D eigenvalue weighted by molar-refractivity contribution is 4.80. The van der Waals surface area contributed by atoms with Gasteiger partial charge in [0, 0.05) is 12.6 Å². The van der Waals surface area contributed by atoms with Gasteiger partial charge in [0.1, 0.15) is 0 Å². The second-order valence-corrected chi connectivity index (χ2v) is 5.64. The van der Waals surface area contributed by atoms with Gasteiger partial charge in [0.2, 0.25) is 0 Å². The molecule has 1 aliphatic heterocycles. The van der Waals surface area contributed by atoms with Gasteiger partial charge in [-0.15, -0.1) is 0 Å². The van der Waals surface area contributed by atoms with Crippen molar-refractivity contribution in [3.63, 3.8) is 0 Å². The molecule has 0 radical (unpaired) electrons. The Morgan fingerprint density at radius 1 is 1.00 bits per heavy atom. The average Bonchev–Trinajstić information content (AvgIpc) is 2.94. The Labute approximate surface area is 100 Å². The van der Waals surface area contributed by atoms with Crippen molar-refractivity contribution in [3.8, 4) is 0 Å². The zero-order valence-electron chi connectivity index (χ0n) is 10.5. The van der Waals surface area contributed by atoms with E-state index in [0.29, 0.717) is 6.61 Å². The molecule has 94 valence electrons. The summed E-state index contributed by atoms with van der Waals surface area (Å²) >= 11 is 0. The fourth-order valence-corrected chi connectivity index (χ4v) is 3.49. The molecule has 0 aromatic heterocycles. The van der Waals surface area contributed by atoms with Gasteiger partial charge in [0.05, 0.1) is 0 Å². The molecule has 0 aromatic carbocycles. The molecule has 0 aromatic rings. The van der Waals surface area contributed by atoms with Gasteiger partial charge >= 0.3 is 0 Å². The largest absolute Gasteiger partial charge is 0.396 e. The standard InChI is InChI=1S/C14H27NO/c16-12-4-8-14-7-3-10-15(14)11-9-13-5-1-2-6-13/h13-14,16H,1-12H2. The molecule has 1 N–H and O–H groups in total. The summed E-state index contributed by atoms with van der Waals surface area (Å²) in [6.45, 7) is 3.00. The first-order valence-electron chi connectivity index (χ1n) is 7.25. The molecule has 1 saturated carbocycles. The number of nitrogens with zero attached hydrogens (tertiary/aromatic N) is 1. The normalized spacial score (nSPS) is 27.9. The average molecular weight is 225 g/mol. The van der Waals surface area contributed by atoms with Crippen LogP contribution in [0.1, 0.15) is 57.8 Å². The summed E-state index contributed by atoms with van der Waals surface area (Å²) in [5.74, 6) is 1.03. The summed E-state index contributed by atoms with van der Waals surface area (Å²) in [6.07, 6.45) is 12.3. The first-order chi connectivity index (χ1) is 7.90. The van der Waals surface area contributed by atoms with Gasteiger partial charge in [-0.1, -0.05) is 25.7 Å². The van der Waals surface area contributed by atoms with Crippen LogP contribution in [-0.2, 0) is 0 Å². The van der Waals surface area contributed by atoms with Gasteiger partial charge < -0.3 is 10.0 Å². The maximum atomic E-state index is 8.90. The van der Waals surface area contributed by atoms with Crippen LogP contribution in [-0.4, -0.2) is 35.7 Å². The molecule has 1 saturated heterocycles. The second kappa shape index (κ2) is 6.61. The van der Waals surface area contributed by atoms with E-state index >= 15 is 0 Å². The lowest BCUT2D eigenvalue weighted by Crippen LogP contribution is -2.31. The Morgan fingerprint density at radius 3 is 2.56 bits per heavy atom. The summed E-state index contributed by atoms with van der Waals surface area (Å²) in [6, 6.07) is 0.786. The Morgan fingerprint density at radius 2 is 1.81 bits per heavy atom. The predicted octanol–water partition coefficient (Wildman–Crippen LogP) is 2.80. The molecular weight excluding hydrogens is 198 g/mol. The number of hydrogen-bond donors (Lipinski definition) is 1. The van der Waals surface area contributed by atoms with Gasteiger partial charge in [-0.2, -0.15) is 0 Å². The molecule has 1 atom stereocenters. The number of likely N-dealkylation sites (tertiary alicyclic amines) is 1. The monoisotopic (exact) mass is 225 g/mol. The van der Waals surface area contributed by atoms with Crippen molar-refractivity contribution in [2.75, 3.05) is 19.7 Å². The molecule has 1 unspecified atom stereocenters. The molecule has 16 heavy (non-hydrogen) atoms. The smallest absolute Gasteiger partial charge is 0.0431 e. The van der Waals surface area contributed by atoms with E-state index in [1.165, 1.54) is 64.5 Å². The molecule has 2 aliphatic rings. The van der Waals surface area contributed by atoms with Gasteiger partial charge in [-0.25, -0.2) is 0 Å². The minimum Gasteiger partial charge on any atom is -0.396 e. The van der Waals surface area contributed by atoms with Crippen LogP contribution in [0.3, 0.4) is 0 Å². The highest BCUT2D eigenvalue weighted by atomic mass is 16.2. The Balaban J connectivity index is 1.66. The maximum absolute atomic E-state index is 8.90. The molecule has 0 amide bonds. The molecule has 2 rings (SSSR count). The summed E-state index contributed by atoms with van der Waals surface area (Å²) in [5.41, 5.74) is 0. The molecule has 2 heteroatoms. The van der Waals surface area contributed by atoms with Crippen molar-refractivity contribution >= 4 is 0 Å². The first kappa shape index (κ1) is 12.4. The summed E-state index contributed by atoms with van der Waals surface area (Å²) in [7, 11) is 0. The third-order valence-corrected chi connectivity index (χ3v) is 4.49. The van der Waals surface area contributed by atoms with Gasteiger partial charge in [0.25, 0.3) is 0 Å². The molecule has 0 bridgehead atoms. The first-order valence-corrected chi connectivity index (χ1v) is 7.25. The summed E-state index contributed by atoms with van der Waals surface area (Å²) in [4.78, 5) is 2.69. The Kier molecular flexibility index (Phi) is 5.11. The Hall–Kier alpha value is -0.0800. The van der Waals surface area contributed by atoms with Crippen molar-refractivity contribution in [2.45, 2.75) is 63.8 Å². The fraction of sp³-hybridized carbons (Fsp3) is 1.00. The lowest BCUT2D eigenvalue weighted by Gasteiger charge is -2.25. The van der Waals surface area contributed by atoms with Crippen LogP contribution in [0.15, 0.2) is 0 Å². The fourth-order valence-electron chi connectivity index (χ4n) is 3.49. The van der Waals surface area contributed by atoms with E-state index in [0.717, 1.165) is 18.4 Å². The van der Waals surface area contributed by atoms with Crippen molar-refractivity contribution in [2.24, 2.45) is 5.92 Å². The van der Waals surface area contributed by atoms with E-state index in [1.807, 2.05) is 0 Å². The van der Waals surface area contributed by atoms with Crippen LogP contribution in [0.5, 0.6) is 0 Å². The van der Waals surface area contributed by atoms with Crippen LogP contribution in [0, 0.1) is 5.92 Å². The topological polar surface area (TPSA) is 23.5 Å². The maximum Gasteiger partial charge on any atom is 0.0431 e. The minimum absolute atomic E-state index is 0.368. The highest BCUT2D eigenvalue weighted by Crippen LogP contribution is 2.29. The van der Waals surface area contributed by atoms with E-state index in [9.17, 15) is 0 Å². The molecule has 2 fully saturated rings. The van der Waals surface area contributed by atoms with Gasteiger partial charge in [-0.05, 0) is 51.1 Å². The Bertz CT molecular complexity index is 189. The third-order valence-electron chi connectivity index (χ3n) is 4.49. The van der Waals surface area contributed by atoms with Crippen molar-refractivity contribution < 1.29 is 5.11 Å². The molecule has 0 spiro atoms. The highest BCUT2D eigenvalue weighted by Gasteiger charge is 2.24. The molecule has 2 nitrogen and oxygen atoms in total. The minimum atomic E-state index is 0.368. The van der Waals surface area contributed by atoms with Crippen molar-refractivity contribution in [3.05, 3.63) is 0 Å². The van der Waals surface area contributed by atoms with Crippen molar-refractivity contribution in [1.29, 1.82) is 0 Å². The quantitative estimate of drug-likeness (QED) is 0.751. The van der Waals surface area contributed by atoms with Gasteiger partial charge in [0.15, 0.2) is 0 Å². The summed E-state index contributed by atoms with van der Waals surface area (Å²) < 4.78 is 0. The number of aliphatic hydroxyl groups excluding tert-OH is 1. The lowest BCUT2D eigenvalue weighted by atomic mass is 10.0. The van der Waals surface area contributed by atoms with Gasteiger partial charge in [-0.3, -0.25) is 0 Å². The van der Waals surface area contributed by atoms with Crippen molar-refractivity contribution in [1.82, 2.24) is 4.90 Å². The zero-order chi connectivity index (χ0) is 11.2. The van der Waals surface area contributed by atoms with Crippen LogP contribution in [0.2, 0.25) is 0 Å². The number of aliphatic hydroxyl groups is 1. The number of hydrogen-bond acceptors (Lipinski definition) is 2. The predicted molar refractivity (Wildman–Crippen MR) is 67.5 cm³/mol. The zero-order valence-corrected chi connectivity index (χ0v) is 10.5. The SMILES string of the molecule is OCCCC1CCCN1CCC1CCCC1. The van der Waals surface area contributed by atoms with E-state index in [4.69, 9.17) is 5.11 Å². The molecule has 1 heterocycles. The van der Waals surface area contributed by atoms with Crippen LogP contribution in [0.4, 0.5) is 0 Å². The van der Waals surface area contributed by atoms with Crippen LogP contribution >= 0.6 is 0 Å². The van der Waals surface area contributed by atoms with E-state index in [1.54, 1.807) is 0 Å². The lowest BCUT2D eigenvalue weighted by molar-refractivity contribution is 0.205. The van der Waals surface area contributed by atoms with Crippen LogP contribution < -0.4 is 0 Å². The molecular formula is C14H27NO. The molecule has 1 aliphatic carbocycles. The van der Waals surface area contributed by atoms with E-state index in [-0.39, 0.29) is 0 Å². The number of rotatable bonds is 6. The van der Waals surface area contributed by atoms with E-state index in [2.05, 4.69) is 4.90 Å². The van der Waals surface area contributed by atoms with Crippen LogP contribution in [0.25, 0.3) is 0 Å². The summed E-state index contributed by atoms with van der Waals surface area (Å²) in [5, 5.41) is 8.90.